The molecule has 1 N–H and O–H groups in total. The molecule has 5 heteroatoms. The molecule has 0 bridgehead atoms. The summed E-state index contributed by atoms with van der Waals surface area (Å²) in [7, 11) is 0. The first-order valence-corrected chi connectivity index (χ1v) is 10.3. The first kappa shape index (κ1) is 21.5. The van der Waals surface area contributed by atoms with Crippen LogP contribution in [-0.4, -0.2) is 33.0 Å². The highest BCUT2D eigenvalue weighted by Gasteiger charge is 1.99. The molecule has 0 amide bonds. The fourth-order valence-corrected chi connectivity index (χ4v) is 2.78. The monoisotopic (exact) mass is 407 g/mol. The van der Waals surface area contributed by atoms with E-state index in [0.29, 0.717) is 33.0 Å². The van der Waals surface area contributed by atoms with Crippen molar-refractivity contribution in [2.24, 2.45) is 0 Å². The van der Waals surface area contributed by atoms with Gasteiger partial charge < -0.3 is 24.3 Å². The summed E-state index contributed by atoms with van der Waals surface area (Å²) in [5.41, 5.74) is 2.23. The van der Waals surface area contributed by atoms with Crippen LogP contribution in [0.3, 0.4) is 0 Å². The summed E-state index contributed by atoms with van der Waals surface area (Å²) in [5.74, 6) is 2.53. The van der Waals surface area contributed by atoms with Crippen LogP contribution in [0.25, 0.3) is 0 Å². The maximum Gasteiger partial charge on any atom is 0.122 e. The van der Waals surface area contributed by atoms with Gasteiger partial charge in [-0.3, -0.25) is 0 Å². The quantitative estimate of drug-likeness (QED) is 0.396. The second-order valence-corrected chi connectivity index (χ2v) is 6.58. The number of para-hydroxylation sites is 1. The Hall–Kier alpha value is -3.18. The van der Waals surface area contributed by atoms with Gasteiger partial charge in [-0.1, -0.05) is 30.3 Å². The lowest BCUT2D eigenvalue weighted by Gasteiger charge is -2.11. The molecule has 0 atom stereocenters. The van der Waals surface area contributed by atoms with E-state index in [1.807, 2.05) is 73.7 Å². The number of ether oxygens (including phenoxy) is 4. The average Bonchev–Trinajstić information content (AvgIpc) is 2.80. The zero-order valence-corrected chi connectivity index (χ0v) is 17.4. The zero-order chi connectivity index (χ0) is 20.9. The number of hydrogen-bond donors (Lipinski definition) is 1. The predicted molar refractivity (Wildman–Crippen MR) is 120 cm³/mol. The topological polar surface area (TPSA) is 49.0 Å². The Labute approximate surface area is 178 Å². The van der Waals surface area contributed by atoms with Crippen LogP contribution in [0, 0.1) is 0 Å². The number of anilines is 1. The van der Waals surface area contributed by atoms with Gasteiger partial charge in [0.05, 0.1) is 6.61 Å². The van der Waals surface area contributed by atoms with E-state index in [2.05, 4.69) is 17.4 Å². The van der Waals surface area contributed by atoms with E-state index in [9.17, 15) is 0 Å². The van der Waals surface area contributed by atoms with E-state index in [1.54, 1.807) is 0 Å². The molecule has 0 fully saturated rings. The van der Waals surface area contributed by atoms with Gasteiger partial charge in [-0.15, -0.1) is 0 Å². The molecule has 0 unspecified atom stereocenters. The molecular formula is C25H29NO4. The Morgan fingerprint density at radius 1 is 0.600 bits per heavy atom. The second-order valence-electron chi connectivity index (χ2n) is 6.58. The van der Waals surface area contributed by atoms with Crippen molar-refractivity contribution in [1.29, 1.82) is 0 Å². The number of benzene rings is 3. The van der Waals surface area contributed by atoms with Gasteiger partial charge in [0, 0.05) is 18.8 Å². The number of hydrogen-bond acceptors (Lipinski definition) is 5. The standard InChI is InChI=1S/C25H29NO4/c1-2-27-16-17-28-24-12-8-21(9-13-24)20-26-22-10-14-25(15-11-22)30-19-18-29-23-6-4-3-5-7-23/h3-15,26H,2,16-20H2,1H3. The van der Waals surface area contributed by atoms with Crippen LogP contribution in [0.5, 0.6) is 17.2 Å². The van der Waals surface area contributed by atoms with Crippen molar-refractivity contribution in [3.8, 4) is 17.2 Å². The second kappa shape index (κ2) is 12.4. The Bertz CT molecular complexity index is 835. The van der Waals surface area contributed by atoms with Crippen molar-refractivity contribution in [2.45, 2.75) is 13.5 Å². The molecule has 0 saturated heterocycles. The summed E-state index contributed by atoms with van der Waals surface area (Å²) < 4.78 is 22.3. The number of rotatable bonds is 13. The largest absolute Gasteiger partial charge is 0.491 e. The van der Waals surface area contributed by atoms with Gasteiger partial charge in [0.25, 0.3) is 0 Å². The fraction of sp³-hybridized carbons (Fsp3) is 0.280. The first-order chi connectivity index (χ1) is 14.8. The van der Waals surface area contributed by atoms with Crippen LogP contribution in [0.15, 0.2) is 78.9 Å². The minimum absolute atomic E-state index is 0.501. The van der Waals surface area contributed by atoms with E-state index in [1.165, 1.54) is 5.56 Å². The summed E-state index contributed by atoms with van der Waals surface area (Å²) in [6.45, 7) is 5.62. The highest BCUT2D eigenvalue weighted by Crippen LogP contribution is 2.18. The predicted octanol–water partition coefficient (Wildman–Crippen LogP) is 5.17. The van der Waals surface area contributed by atoms with Gasteiger partial charge in [0.1, 0.15) is 37.1 Å². The molecule has 3 aromatic rings. The molecule has 0 aliphatic heterocycles. The molecule has 3 aromatic carbocycles. The third kappa shape index (κ3) is 7.68. The maximum absolute atomic E-state index is 5.73. The molecular weight excluding hydrogens is 378 g/mol. The van der Waals surface area contributed by atoms with E-state index in [0.717, 1.165) is 29.5 Å². The van der Waals surface area contributed by atoms with Crippen molar-refractivity contribution in [2.75, 3.05) is 38.4 Å². The molecule has 5 nitrogen and oxygen atoms in total. The maximum atomic E-state index is 5.73. The molecule has 0 radical (unpaired) electrons. The van der Waals surface area contributed by atoms with E-state index >= 15 is 0 Å². The van der Waals surface area contributed by atoms with Gasteiger partial charge in [0.2, 0.25) is 0 Å². The Morgan fingerprint density at radius 2 is 1.13 bits per heavy atom. The lowest BCUT2D eigenvalue weighted by atomic mass is 10.2. The highest BCUT2D eigenvalue weighted by molar-refractivity contribution is 5.47. The molecule has 0 aromatic heterocycles. The Morgan fingerprint density at radius 3 is 1.73 bits per heavy atom. The van der Waals surface area contributed by atoms with E-state index in [4.69, 9.17) is 18.9 Å². The summed E-state index contributed by atoms with van der Waals surface area (Å²) in [6, 6.07) is 25.8. The van der Waals surface area contributed by atoms with Gasteiger partial charge in [0.15, 0.2) is 0 Å². The van der Waals surface area contributed by atoms with Crippen molar-refractivity contribution < 1.29 is 18.9 Å². The van der Waals surface area contributed by atoms with Crippen molar-refractivity contribution in [1.82, 2.24) is 0 Å². The summed E-state index contributed by atoms with van der Waals surface area (Å²) in [5, 5.41) is 3.42. The summed E-state index contributed by atoms with van der Waals surface area (Å²) in [6.07, 6.45) is 0. The third-order valence-electron chi connectivity index (χ3n) is 4.34. The molecule has 30 heavy (non-hydrogen) atoms. The third-order valence-corrected chi connectivity index (χ3v) is 4.34. The lowest BCUT2D eigenvalue weighted by Crippen LogP contribution is -2.09. The van der Waals surface area contributed by atoms with Gasteiger partial charge >= 0.3 is 0 Å². The first-order valence-electron chi connectivity index (χ1n) is 10.3. The molecule has 0 heterocycles. The van der Waals surface area contributed by atoms with Crippen LogP contribution < -0.4 is 19.5 Å². The zero-order valence-electron chi connectivity index (χ0n) is 17.4. The summed E-state index contributed by atoms with van der Waals surface area (Å²) in [4.78, 5) is 0. The van der Waals surface area contributed by atoms with Crippen LogP contribution in [0.1, 0.15) is 12.5 Å². The smallest absolute Gasteiger partial charge is 0.122 e. The molecule has 0 aliphatic carbocycles. The Balaban J connectivity index is 1.35. The van der Waals surface area contributed by atoms with Gasteiger partial charge in [-0.2, -0.15) is 0 Å². The van der Waals surface area contributed by atoms with Crippen LogP contribution >= 0.6 is 0 Å². The normalized spacial score (nSPS) is 10.4. The molecule has 158 valence electrons. The van der Waals surface area contributed by atoms with Crippen LogP contribution in [0.2, 0.25) is 0 Å². The van der Waals surface area contributed by atoms with Gasteiger partial charge in [-0.05, 0) is 61.0 Å². The SMILES string of the molecule is CCOCCOc1ccc(CNc2ccc(OCCOc3ccccc3)cc2)cc1. The molecule has 0 saturated carbocycles. The highest BCUT2D eigenvalue weighted by atomic mass is 16.5. The number of nitrogens with one attached hydrogen (secondary N) is 1. The van der Waals surface area contributed by atoms with E-state index in [-0.39, 0.29) is 0 Å². The van der Waals surface area contributed by atoms with Crippen molar-refractivity contribution in [3.63, 3.8) is 0 Å². The lowest BCUT2D eigenvalue weighted by molar-refractivity contribution is 0.110. The molecule has 0 aliphatic rings. The minimum Gasteiger partial charge on any atom is -0.491 e. The van der Waals surface area contributed by atoms with Crippen molar-refractivity contribution in [3.05, 3.63) is 84.4 Å². The fourth-order valence-electron chi connectivity index (χ4n) is 2.78. The van der Waals surface area contributed by atoms with Gasteiger partial charge in [-0.25, -0.2) is 0 Å². The molecule has 0 spiro atoms. The van der Waals surface area contributed by atoms with Crippen LogP contribution in [0.4, 0.5) is 5.69 Å². The minimum atomic E-state index is 0.501. The van der Waals surface area contributed by atoms with E-state index < -0.39 is 0 Å². The Kier molecular flexibility index (Phi) is 8.90. The van der Waals surface area contributed by atoms with Crippen LogP contribution in [-0.2, 0) is 11.3 Å². The molecule has 3 rings (SSSR count). The summed E-state index contributed by atoms with van der Waals surface area (Å²) >= 11 is 0. The average molecular weight is 408 g/mol. The van der Waals surface area contributed by atoms with Crippen molar-refractivity contribution >= 4 is 5.69 Å².